The zero-order valence-electron chi connectivity index (χ0n) is 24.0. The van der Waals surface area contributed by atoms with Crippen molar-refractivity contribution in [3.8, 4) is 5.75 Å². The van der Waals surface area contributed by atoms with Gasteiger partial charge >= 0.3 is 0 Å². The van der Waals surface area contributed by atoms with Crippen molar-refractivity contribution in [1.29, 1.82) is 0 Å². The van der Waals surface area contributed by atoms with Gasteiger partial charge in [-0.1, -0.05) is 0 Å². The van der Waals surface area contributed by atoms with Crippen molar-refractivity contribution in [2.45, 2.75) is 63.3 Å². The van der Waals surface area contributed by atoms with Crippen molar-refractivity contribution in [3.63, 3.8) is 0 Å². The lowest BCUT2D eigenvalue weighted by Gasteiger charge is -2.41. The number of piperidine rings is 2. The fourth-order valence-corrected chi connectivity index (χ4v) is 7.35. The highest BCUT2D eigenvalue weighted by atomic mass is 32.2. The summed E-state index contributed by atoms with van der Waals surface area (Å²) in [6.07, 6.45) is 4.79. The van der Waals surface area contributed by atoms with Crippen LogP contribution in [0.15, 0.2) is 17.0 Å². The number of ether oxygens (including phenoxy) is 1. The Morgan fingerprint density at radius 1 is 0.974 bits per heavy atom. The van der Waals surface area contributed by atoms with Crippen LogP contribution in [0.2, 0.25) is 0 Å². The summed E-state index contributed by atoms with van der Waals surface area (Å²) >= 11 is 0. The van der Waals surface area contributed by atoms with Gasteiger partial charge in [-0.05, 0) is 102 Å². The van der Waals surface area contributed by atoms with Crippen molar-refractivity contribution in [3.05, 3.63) is 23.3 Å². The van der Waals surface area contributed by atoms with Gasteiger partial charge in [0.1, 0.15) is 11.5 Å². The third-order valence-electron chi connectivity index (χ3n) is 8.17. The minimum Gasteiger partial charge on any atom is -0.497 e. The molecular formula is C28H46N4O5S. The predicted molar refractivity (Wildman–Crippen MR) is 149 cm³/mol. The Morgan fingerprint density at radius 2 is 1.55 bits per heavy atom. The molecule has 3 rings (SSSR count). The number of carbonyl (C=O) groups is 2. The smallest absolute Gasteiger partial charge is 0.243 e. The van der Waals surface area contributed by atoms with Crippen molar-refractivity contribution in [2.24, 2.45) is 5.92 Å². The number of hydrogen-bond donors (Lipinski definition) is 0. The number of aryl methyl sites for hydroxylation is 2. The van der Waals surface area contributed by atoms with Gasteiger partial charge in [0.25, 0.3) is 0 Å². The zero-order chi connectivity index (χ0) is 28.0. The molecule has 1 aromatic rings. The number of benzene rings is 1. The van der Waals surface area contributed by atoms with Crippen LogP contribution in [0, 0.1) is 19.8 Å². The Kier molecular flexibility index (Phi) is 10.7. The Morgan fingerprint density at radius 3 is 2.11 bits per heavy atom. The average molecular weight is 551 g/mol. The van der Waals surface area contributed by atoms with Gasteiger partial charge in [0.05, 0.1) is 18.6 Å². The molecule has 214 valence electrons. The first-order chi connectivity index (χ1) is 17.9. The fraction of sp³-hybridized carbons (Fsp3) is 0.714. The van der Waals surface area contributed by atoms with E-state index in [9.17, 15) is 18.0 Å². The lowest BCUT2D eigenvalue weighted by atomic mass is 9.93. The lowest BCUT2D eigenvalue weighted by molar-refractivity contribution is -0.132. The highest BCUT2D eigenvalue weighted by Crippen LogP contribution is 2.28. The van der Waals surface area contributed by atoms with Crippen LogP contribution in [0.4, 0.5) is 0 Å². The Labute approximate surface area is 229 Å². The monoisotopic (exact) mass is 550 g/mol. The van der Waals surface area contributed by atoms with Crippen LogP contribution in [0.1, 0.15) is 49.7 Å². The summed E-state index contributed by atoms with van der Waals surface area (Å²) in [5.74, 6) is 0.731. The quantitative estimate of drug-likeness (QED) is 0.418. The third kappa shape index (κ3) is 7.77. The van der Waals surface area contributed by atoms with Gasteiger partial charge in [-0.2, -0.15) is 4.31 Å². The number of rotatable bonds is 11. The molecule has 38 heavy (non-hydrogen) atoms. The molecule has 0 spiro atoms. The van der Waals surface area contributed by atoms with E-state index < -0.39 is 10.0 Å². The number of methoxy groups -OCH3 is 1. The van der Waals surface area contributed by atoms with E-state index in [2.05, 4.69) is 16.8 Å². The van der Waals surface area contributed by atoms with Gasteiger partial charge in [-0.25, -0.2) is 8.42 Å². The Hall–Kier alpha value is -2.01. The summed E-state index contributed by atoms with van der Waals surface area (Å²) in [7, 11) is 3.08. The minimum absolute atomic E-state index is 0.0260. The normalized spacial score (nSPS) is 18.6. The summed E-state index contributed by atoms with van der Waals surface area (Å²) < 4.78 is 32.6. The second kappa shape index (κ2) is 13.4. The van der Waals surface area contributed by atoms with Gasteiger partial charge in [-0.15, -0.1) is 0 Å². The number of nitrogens with zero attached hydrogens (tertiary/aromatic N) is 4. The standard InChI is InChI=1S/C28H46N4O5S/c1-21-17-26(37-6)18-22(2)28(21)38(35,36)31(5)20-25(33)7-8-27(34)30(4)19-23-9-15-32(16-10-23)24-11-13-29(3)14-12-24/h17-18,23-24H,7-16,19-20H2,1-6H3. The molecule has 2 saturated heterocycles. The molecule has 0 saturated carbocycles. The highest BCUT2D eigenvalue weighted by molar-refractivity contribution is 7.89. The van der Waals surface area contributed by atoms with E-state index in [4.69, 9.17) is 4.74 Å². The largest absolute Gasteiger partial charge is 0.497 e. The summed E-state index contributed by atoms with van der Waals surface area (Å²) in [6.45, 7) is 8.39. The first kappa shape index (κ1) is 30.5. The Bertz CT molecular complexity index is 1050. The highest BCUT2D eigenvalue weighted by Gasteiger charge is 2.29. The maximum atomic E-state index is 13.2. The third-order valence-corrected chi connectivity index (χ3v) is 10.3. The molecule has 0 radical (unpaired) electrons. The van der Waals surface area contributed by atoms with E-state index in [1.54, 1.807) is 30.9 Å². The first-order valence-electron chi connectivity index (χ1n) is 13.7. The molecule has 0 unspecified atom stereocenters. The molecule has 2 heterocycles. The molecule has 2 aliphatic rings. The number of ketones is 1. The van der Waals surface area contributed by atoms with Crippen LogP contribution in [-0.2, 0) is 19.6 Å². The van der Waals surface area contributed by atoms with Gasteiger partial charge in [0, 0.05) is 39.5 Å². The van der Waals surface area contributed by atoms with Crippen molar-refractivity contribution in [1.82, 2.24) is 19.0 Å². The van der Waals surface area contributed by atoms with Crippen LogP contribution < -0.4 is 4.74 Å². The van der Waals surface area contributed by atoms with Crippen LogP contribution in [0.25, 0.3) is 0 Å². The number of likely N-dealkylation sites (tertiary alicyclic amines) is 2. The first-order valence-corrected chi connectivity index (χ1v) is 15.2. The lowest BCUT2D eigenvalue weighted by Crippen LogP contribution is -2.48. The van der Waals surface area contributed by atoms with E-state index >= 15 is 0 Å². The Balaban J connectivity index is 1.43. The summed E-state index contributed by atoms with van der Waals surface area (Å²) in [6, 6.07) is 4.03. The van der Waals surface area contributed by atoms with E-state index in [0.29, 0.717) is 35.4 Å². The second-order valence-electron chi connectivity index (χ2n) is 11.2. The molecule has 0 N–H and O–H groups in total. The molecule has 9 nitrogen and oxygen atoms in total. The van der Waals surface area contributed by atoms with Gasteiger partial charge in [0.15, 0.2) is 0 Å². The van der Waals surface area contributed by atoms with E-state index in [1.165, 1.54) is 40.1 Å². The minimum atomic E-state index is -3.85. The number of carbonyl (C=O) groups excluding carboxylic acids is 2. The van der Waals surface area contributed by atoms with Gasteiger partial charge < -0.3 is 19.4 Å². The van der Waals surface area contributed by atoms with Crippen molar-refractivity contribution >= 4 is 21.7 Å². The van der Waals surface area contributed by atoms with Gasteiger partial charge in [-0.3, -0.25) is 9.59 Å². The predicted octanol–water partition coefficient (Wildman–Crippen LogP) is 2.55. The number of Topliss-reactive ketones (excluding diaryl/α,β-unsaturated/α-hetero) is 1. The molecule has 0 atom stereocenters. The average Bonchev–Trinajstić information content (AvgIpc) is 2.87. The molecule has 0 bridgehead atoms. The number of likely N-dealkylation sites (N-methyl/N-ethyl adjacent to an activating group) is 1. The van der Waals surface area contributed by atoms with Crippen LogP contribution in [0.3, 0.4) is 0 Å². The zero-order valence-corrected chi connectivity index (χ0v) is 24.8. The molecule has 0 aliphatic carbocycles. The second-order valence-corrected chi connectivity index (χ2v) is 13.2. The summed E-state index contributed by atoms with van der Waals surface area (Å²) in [5.41, 5.74) is 1.13. The maximum Gasteiger partial charge on any atom is 0.243 e. The fourth-order valence-electron chi connectivity index (χ4n) is 5.79. The van der Waals surface area contributed by atoms with Crippen LogP contribution >= 0.6 is 0 Å². The van der Waals surface area contributed by atoms with Crippen LogP contribution in [0.5, 0.6) is 5.75 Å². The number of sulfonamides is 1. The van der Waals surface area contributed by atoms with Crippen molar-refractivity contribution < 1.29 is 22.7 Å². The molecular weight excluding hydrogens is 504 g/mol. The number of amides is 1. The summed E-state index contributed by atoms with van der Waals surface area (Å²) in [5, 5.41) is 0. The van der Waals surface area contributed by atoms with Crippen molar-refractivity contribution in [2.75, 3.05) is 67.5 Å². The molecule has 1 aromatic carbocycles. The van der Waals surface area contributed by atoms with Gasteiger partial charge in [0.2, 0.25) is 15.9 Å². The SMILES string of the molecule is COc1cc(C)c(S(=O)(=O)N(C)CC(=O)CCC(=O)N(C)CC2CCN(C3CCN(C)CC3)CC2)c(C)c1. The molecule has 1 amide bonds. The maximum absolute atomic E-state index is 13.2. The molecule has 2 aliphatic heterocycles. The molecule has 10 heteroatoms. The molecule has 0 aromatic heterocycles. The number of hydrogen-bond acceptors (Lipinski definition) is 7. The van der Waals surface area contributed by atoms with E-state index in [0.717, 1.165) is 30.2 Å². The topological polar surface area (TPSA) is 90.5 Å². The molecule has 2 fully saturated rings. The summed E-state index contributed by atoms with van der Waals surface area (Å²) in [4.78, 5) is 32.3. The van der Waals surface area contributed by atoms with Crippen LogP contribution in [-0.4, -0.2) is 113 Å². The van der Waals surface area contributed by atoms with E-state index in [-0.39, 0.29) is 36.0 Å². The van der Waals surface area contributed by atoms with E-state index in [1.807, 2.05) is 7.05 Å².